The molecule has 0 saturated carbocycles. The van der Waals surface area contributed by atoms with Crippen molar-refractivity contribution in [1.29, 1.82) is 0 Å². The van der Waals surface area contributed by atoms with E-state index in [4.69, 9.17) is 15.2 Å². The Hall–Kier alpha value is -3.58. The van der Waals surface area contributed by atoms with Gasteiger partial charge in [-0.05, 0) is 29.8 Å². The Morgan fingerprint density at radius 2 is 2.03 bits per heavy atom. The van der Waals surface area contributed by atoms with Crippen LogP contribution in [0.1, 0.15) is 11.8 Å². The Kier molecular flexibility index (Phi) is 6.28. The molecular formula is C20H23N7O5. The molecule has 168 valence electrons. The highest BCUT2D eigenvalue weighted by atomic mass is 16.6. The average molecular weight is 441 g/mol. The number of aliphatic hydroxyl groups is 3. The number of rotatable bonds is 8. The lowest BCUT2D eigenvalue weighted by molar-refractivity contribution is -0.0501. The van der Waals surface area contributed by atoms with Crippen LogP contribution in [0, 0.1) is 0 Å². The molecule has 1 fully saturated rings. The van der Waals surface area contributed by atoms with Crippen molar-refractivity contribution in [3.8, 4) is 5.75 Å². The molecule has 32 heavy (non-hydrogen) atoms. The predicted octanol–water partition coefficient (Wildman–Crippen LogP) is 0.0308. The van der Waals surface area contributed by atoms with Crippen LogP contribution in [0.25, 0.3) is 11.2 Å². The van der Waals surface area contributed by atoms with Crippen LogP contribution in [0.3, 0.4) is 0 Å². The number of aliphatic hydroxyl groups excluding tert-OH is 3. The maximum absolute atomic E-state index is 10.5. The third-order valence-electron chi connectivity index (χ3n) is 4.90. The number of fused-ring (bicyclic) bond motifs is 1. The van der Waals surface area contributed by atoms with Gasteiger partial charge in [-0.2, -0.15) is 5.10 Å². The number of anilines is 2. The fraction of sp³-hybridized carbons (Fsp3) is 0.300. The van der Waals surface area contributed by atoms with Gasteiger partial charge < -0.3 is 30.5 Å². The fourth-order valence-electron chi connectivity index (χ4n) is 3.31. The van der Waals surface area contributed by atoms with Crippen molar-refractivity contribution >= 4 is 29.1 Å². The van der Waals surface area contributed by atoms with Crippen molar-refractivity contribution in [2.75, 3.05) is 24.4 Å². The summed E-state index contributed by atoms with van der Waals surface area (Å²) in [6, 6.07) is 7.25. The van der Waals surface area contributed by atoms with Gasteiger partial charge in [-0.3, -0.25) is 4.57 Å². The predicted molar refractivity (Wildman–Crippen MR) is 116 cm³/mol. The number of nitrogens with zero attached hydrogens (tertiary/aromatic N) is 5. The molecule has 4 rings (SSSR count). The quantitative estimate of drug-likeness (QED) is 0.182. The van der Waals surface area contributed by atoms with Crippen molar-refractivity contribution in [1.82, 2.24) is 19.5 Å². The lowest BCUT2D eigenvalue weighted by Crippen LogP contribution is -2.33. The molecule has 0 radical (unpaired) electrons. The lowest BCUT2D eigenvalue weighted by Gasteiger charge is -2.18. The largest absolute Gasteiger partial charge is 0.490 e. The molecule has 3 heterocycles. The first-order valence-electron chi connectivity index (χ1n) is 9.77. The van der Waals surface area contributed by atoms with E-state index in [0.29, 0.717) is 12.4 Å². The number of benzene rings is 1. The van der Waals surface area contributed by atoms with Crippen molar-refractivity contribution in [3.05, 3.63) is 48.8 Å². The first kappa shape index (κ1) is 21.6. The minimum atomic E-state index is -1.34. The van der Waals surface area contributed by atoms with E-state index in [2.05, 4.69) is 32.1 Å². The van der Waals surface area contributed by atoms with Crippen LogP contribution in [-0.2, 0) is 4.74 Å². The maximum atomic E-state index is 10.5. The van der Waals surface area contributed by atoms with E-state index in [1.165, 1.54) is 10.9 Å². The highest BCUT2D eigenvalue weighted by molar-refractivity contribution is 5.84. The molecule has 0 amide bonds. The van der Waals surface area contributed by atoms with Crippen LogP contribution in [0.15, 0.2) is 48.3 Å². The van der Waals surface area contributed by atoms with Crippen LogP contribution in [0.5, 0.6) is 5.75 Å². The summed E-state index contributed by atoms with van der Waals surface area (Å²) in [5.41, 5.74) is 10.0. The Balaban J connectivity index is 1.61. The number of aromatic nitrogens is 4. The molecule has 1 saturated heterocycles. The van der Waals surface area contributed by atoms with E-state index in [0.717, 1.165) is 5.56 Å². The van der Waals surface area contributed by atoms with Gasteiger partial charge in [0, 0.05) is 0 Å². The number of hydrazone groups is 1. The summed E-state index contributed by atoms with van der Waals surface area (Å²) in [5, 5.41) is 34.2. The molecule has 0 aliphatic carbocycles. The molecule has 1 aromatic carbocycles. The SMILES string of the molecule is C=CCOc1ccc(C=NNc2nc3c(N)ncnc3n2[C@@H]2O[C@H](CO)[C@@H](O)[C@H]2O)cc1. The lowest BCUT2D eigenvalue weighted by atomic mass is 10.1. The van der Waals surface area contributed by atoms with Crippen LogP contribution < -0.4 is 15.9 Å². The van der Waals surface area contributed by atoms with E-state index in [-0.39, 0.29) is 22.9 Å². The summed E-state index contributed by atoms with van der Waals surface area (Å²) in [5.74, 6) is 0.988. The number of nitrogens with one attached hydrogen (secondary N) is 1. The molecule has 1 aliphatic heterocycles. The van der Waals surface area contributed by atoms with Crippen molar-refractivity contribution in [2.45, 2.75) is 24.5 Å². The van der Waals surface area contributed by atoms with Gasteiger partial charge in [-0.15, -0.1) is 0 Å². The van der Waals surface area contributed by atoms with Crippen LogP contribution in [0.2, 0.25) is 0 Å². The molecule has 0 bridgehead atoms. The molecule has 0 spiro atoms. The minimum Gasteiger partial charge on any atom is -0.490 e. The van der Waals surface area contributed by atoms with Gasteiger partial charge in [-0.25, -0.2) is 20.4 Å². The van der Waals surface area contributed by atoms with Gasteiger partial charge in [0.1, 0.15) is 37.0 Å². The van der Waals surface area contributed by atoms with E-state index in [9.17, 15) is 15.3 Å². The zero-order valence-corrected chi connectivity index (χ0v) is 16.9. The second kappa shape index (κ2) is 9.28. The summed E-state index contributed by atoms with van der Waals surface area (Å²) in [4.78, 5) is 12.5. The van der Waals surface area contributed by atoms with Gasteiger partial charge in [0.25, 0.3) is 0 Å². The topological polar surface area (TPSA) is 173 Å². The van der Waals surface area contributed by atoms with E-state index >= 15 is 0 Å². The molecule has 6 N–H and O–H groups in total. The summed E-state index contributed by atoms with van der Waals surface area (Å²) < 4.78 is 12.5. The normalized spacial score (nSPS) is 23.1. The number of hydrogen-bond acceptors (Lipinski definition) is 11. The Morgan fingerprint density at radius 3 is 2.72 bits per heavy atom. The summed E-state index contributed by atoms with van der Waals surface area (Å²) in [7, 11) is 0. The third-order valence-corrected chi connectivity index (χ3v) is 4.90. The Bertz CT molecular complexity index is 1120. The molecule has 4 atom stereocenters. The molecular weight excluding hydrogens is 418 g/mol. The maximum Gasteiger partial charge on any atom is 0.228 e. The smallest absolute Gasteiger partial charge is 0.228 e. The van der Waals surface area contributed by atoms with Gasteiger partial charge >= 0.3 is 0 Å². The van der Waals surface area contributed by atoms with Crippen molar-refractivity contribution in [3.63, 3.8) is 0 Å². The van der Waals surface area contributed by atoms with E-state index in [1.54, 1.807) is 24.4 Å². The summed E-state index contributed by atoms with van der Waals surface area (Å²) >= 11 is 0. The molecule has 2 aromatic heterocycles. The number of nitrogen functional groups attached to an aromatic ring is 1. The van der Waals surface area contributed by atoms with Crippen molar-refractivity contribution in [2.24, 2.45) is 5.10 Å². The van der Waals surface area contributed by atoms with Gasteiger partial charge in [0.15, 0.2) is 23.2 Å². The van der Waals surface area contributed by atoms with Gasteiger partial charge in [0.2, 0.25) is 5.95 Å². The van der Waals surface area contributed by atoms with Gasteiger partial charge in [-0.1, -0.05) is 12.7 Å². The number of nitrogens with two attached hydrogens (primary N) is 1. The highest BCUT2D eigenvalue weighted by Gasteiger charge is 2.45. The Labute approximate surface area is 182 Å². The Morgan fingerprint density at radius 1 is 1.25 bits per heavy atom. The van der Waals surface area contributed by atoms with E-state index < -0.39 is 31.1 Å². The minimum absolute atomic E-state index is 0.127. The molecule has 0 unspecified atom stereocenters. The van der Waals surface area contributed by atoms with Crippen LogP contribution in [-0.4, -0.2) is 72.6 Å². The fourth-order valence-corrected chi connectivity index (χ4v) is 3.31. The first-order valence-corrected chi connectivity index (χ1v) is 9.77. The van der Waals surface area contributed by atoms with Crippen LogP contribution >= 0.6 is 0 Å². The number of imidazole rings is 1. The van der Waals surface area contributed by atoms with Crippen molar-refractivity contribution < 1.29 is 24.8 Å². The zero-order chi connectivity index (χ0) is 22.7. The zero-order valence-electron chi connectivity index (χ0n) is 16.9. The molecule has 12 heteroatoms. The molecule has 1 aliphatic rings. The van der Waals surface area contributed by atoms with E-state index in [1.807, 2.05) is 12.1 Å². The summed E-state index contributed by atoms with van der Waals surface area (Å²) in [6.45, 7) is 3.56. The van der Waals surface area contributed by atoms with Gasteiger partial charge in [0.05, 0.1) is 12.8 Å². The number of hydrogen-bond donors (Lipinski definition) is 5. The average Bonchev–Trinajstić information content (AvgIpc) is 3.31. The third kappa shape index (κ3) is 4.11. The second-order valence-electron chi connectivity index (χ2n) is 7.00. The summed E-state index contributed by atoms with van der Waals surface area (Å²) in [6.07, 6.45) is -0.207. The first-order chi connectivity index (χ1) is 15.5. The standard InChI is InChI=1S/C20H23N7O5/c1-2-7-31-12-5-3-11(4-6-12)8-24-26-20-25-14-17(21)22-10-23-18(14)27(20)19-16(30)15(29)13(9-28)32-19/h2-6,8,10,13,15-16,19,28-30H,1,7,9H2,(H,25,26)(H2,21,22,23)/t13-,15-,16-,19-/m1/s1. The van der Waals surface area contributed by atoms with Crippen LogP contribution in [0.4, 0.5) is 11.8 Å². The number of ether oxygens (including phenoxy) is 2. The molecule has 3 aromatic rings. The second-order valence-corrected chi connectivity index (χ2v) is 7.00. The highest BCUT2D eigenvalue weighted by Crippen LogP contribution is 2.35. The molecule has 12 nitrogen and oxygen atoms in total. The monoisotopic (exact) mass is 441 g/mol.